The molecule has 5 heteroatoms. The lowest BCUT2D eigenvalue weighted by Crippen LogP contribution is -1.92. The molecule has 2 aromatic rings. The van der Waals surface area contributed by atoms with Gasteiger partial charge in [0.1, 0.15) is 29.4 Å². The molecule has 0 N–H and O–H groups in total. The van der Waals surface area contributed by atoms with Gasteiger partial charge in [-0.15, -0.1) is 0 Å². The van der Waals surface area contributed by atoms with Crippen LogP contribution in [-0.4, -0.2) is 5.16 Å². The first kappa shape index (κ1) is 8.80. The van der Waals surface area contributed by atoms with E-state index in [1.807, 2.05) is 0 Å². The average Bonchev–Trinajstić information content (AvgIpc) is 2.54. The highest BCUT2D eigenvalue weighted by molar-refractivity contribution is 5.59. The number of rotatable bonds is 1. The molecule has 0 unspecified atom stereocenters. The van der Waals surface area contributed by atoms with Gasteiger partial charge in [0.05, 0.1) is 5.56 Å². The molecule has 0 radical (unpaired) electrons. The molecule has 0 bridgehead atoms. The van der Waals surface area contributed by atoms with E-state index in [4.69, 9.17) is 0 Å². The van der Waals surface area contributed by atoms with Crippen molar-refractivity contribution in [2.24, 2.45) is 0 Å². The fourth-order valence-electron chi connectivity index (χ4n) is 1.13. The Morgan fingerprint density at radius 1 is 1.07 bits per heavy atom. The number of aromatic nitrogens is 1. The van der Waals surface area contributed by atoms with Gasteiger partial charge in [-0.3, -0.25) is 0 Å². The van der Waals surface area contributed by atoms with E-state index >= 15 is 0 Å². The van der Waals surface area contributed by atoms with Gasteiger partial charge in [-0.25, -0.2) is 13.2 Å². The number of hydrogen-bond acceptors (Lipinski definition) is 2. The van der Waals surface area contributed by atoms with E-state index in [0.717, 1.165) is 0 Å². The van der Waals surface area contributed by atoms with Crippen molar-refractivity contribution < 1.29 is 17.7 Å². The normalized spacial score (nSPS) is 10.5. The predicted octanol–water partition coefficient (Wildman–Crippen LogP) is 2.76. The number of hydrogen-bond donors (Lipinski definition) is 0. The van der Waals surface area contributed by atoms with E-state index in [0.29, 0.717) is 12.1 Å². The Kier molecular flexibility index (Phi) is 1.99. The lowest BCUT2D eigenvalue weighted by Gasteiger charge is -2.00. The van der Waals surface area contributed by atoms with Gasteiger partial charge in [0.15, 0.2) is 0 Å². The minimum Gasteiger partial charge on any atom is -0.364 e. The molecule has 1 aromatic carbocycles. The standard InChI is InChI=1S/C9H4F3NO/c10-5-3-6(11)9(7(12)4-5)8-1-2-14-13-8/h1-4H. The van der Waals surface area contributed by atoms with Crippen LogP contribution in [0, 0.1) is 17.5 Å². The molecule has 0 saturated heterocycles. The summed E-state index contributed by atoms with van der Waals surface area (Å²) in [6, 6.07) is 2.47. The van der Waals surface area contributed by atoms with E-state index in [-0.39, 0.29) is 11.3 Å². The molecule has 0 saturated carbocycles. The Morgan fingerprint density at radius 3 is 2.21 bits per heavy atom. The van der Waals surface area contributed by atoms with Crippen molar-refractivity contribution in [2.45, 2.75) is 0 Å². The highest BCUT2D eigenvalue weighted by atomic mass is 19.1. The SMILES string of the molecule is Fc1cc(F)c(-c2ccon2)c(F)c1. The van der Waals surface area contributed by atoms with Crippen LogP contribution in [0.25, 0.3) is 11.3 Å². The van der Waals surface area contributed by atoms with Crippen LogP contribution in [0.15, 0.2) is 29.0 Å². The summed E-state index contributed by atoms with van der Waals surface area (Å²) in [5.74, 6) is -2.97. The molecule has 0 amide bonds. The molecule has 0 fully saturated rings. The second-order valence-corrected chi connectivity index (χ2v) is 2.63. The molecule has 14 heavy (non-hydrogen) atoms. The molecule has 1 heterocycles. The van der Waals surface area contributed by atoms with Crippen LogP contribution in [0.4, 0.5) is 13.2 Å². The van der Waals surface area contributed by atoms with Crippen molar-refractivity contribution >= 4 is 0 Å². The van der Waals surface area contributed by atoms with E-state index in [2.05, 4.69) is 9.68 Å². The maximum absolute atomic E-state index is 13.1. The van der Waals surface area contributed by atoms with Crippen molar-refractivity contribution in [3.63, 3.8) is 0 Å². The second kappa shape index (κ2) is 3.17. The van der Waals surface area contributed by atoms with Crippen molar-refractivity contribution in [3.8, 4) is 11.3 Å². The molecule has 0 aliphatic carbocycles. The van der Waals surface area contributed by atoms with Crippen LogP contribution in [0.5, 0.6) is 0 Å². The maximum Gasteiger partial charge on any atom is 0.138 e. The fourth-order valence-corrected chi connectivity index (χ4v) is 1.13. The number of benzene rings is 1. The van der Waals surface area contributed by atoms with Crippen LogP contribution in [0.1, 0.15) is 0 Å². The fraction of sp³-hybridized carbons (Fsp3) is 0. The van der Waals surface area contributed by atoms with Crippen LogP contribution in [0.3, 0.4) is 0 Å². The lowest BCUT2D eigenvalue weighted by atomic mass is 10.1. The van der Waals surface area contributed by atoms with Crippen molar-refractivity contribution in [1.82, 2.24) is 5.16 Å². The van der Waals surface area contributed by atoms with Gasteiger partial charge in [-0.2, -0.15) is 0 Å². The van der Waals surface area contributed by atoms with Crippen LogP contribution in [0.2, 0.25) is 0 Å². The van der Waals surface area contributed by atoms with Gasteiger partial charge in [0, 0.05) is 18.2 Å². The lowest BCUT2D eigenvalue weighted by molar-refractivity contribution is 0.421. The third kappa shape index (κ3) is 1.37. The summed E-state index contributed by atoms with van der Waals surface area (Å²) in [6.07, 6.45) is 1.18. The van der Waals surface area contributed by atoms with Gasteiger partial charge in [-0.05, 0) is 0 Å². The van der Waals surface area contributed by atoms with Crippen LogP contribution >= 0.6 is 0 Å². The third-order valence-corrected chi connectivity index (χ3v) is 1.70. The van der Waals surface area contributed by atoms with E-state index in [1.165, 1.54) is 12.3 Å². The molecule has 72 valence electrons. The van der Waals surface area contributed by atoms with E-state index in [1.54, 1.807) is 0 Å². The Balaban J connectivity index is 2.64. The van der Waals surface area contributed by atoms with Crippen LogP contribution in [-0.2, 0) is 0 Å². The summed E-state index contributed by atoms with van der Waals surface area (Å²) in [6.45, 7) is 0. The minimum atomic E-state index is -1.00. The Morgan fingerprint density at radius 2 is 1.71 bits per heavy atom. The molecule has 0 atom stereocenters. The molecular weight excluding hydrogens is 195 g/mol. The van der Waals surface area contributed by atoms with Gasteiger partial charge >= 0.3 is 0 Å². The summed E-state index contributed by atoms with van der Waals surface area (Å²) < 4.78 is 43.2. The Bertz CT molecular complexity index is 430. The molecule has 0 aliphatic heterocycles. The molecule has 0 aliphatic rings. The van der Waals surface area contributed by atoms with Crippen molar-refractivity contribution in [2.75, 3.05) is 0 Å². The van der Waals surface area contributed by atoms with Crippen molar-refractivity contribution in [1.29, 1.82) is 0 Å². The zero-order valence-electron chi connectivity index (χ0n) is 6.80. The van der Waals surface area contributed by atoms with Crippen LogP contribution < -0.4 is 0 Å². The number of halogens is 3. The Labute approximate surface area is 77.0 Å². The van der Waals surface area contributed by atoms with Crippen molar-refractivity contribution in [3.05, 3.63) is 41.9 Å². The topological polar surface area (TPSA) is 26.0 Å². The second-order valence-electron chi connectivity index (χ2n) is 2.63. The smallest absolute Gasteiger partial charge is 0.138 e. The third-order valence-electron chi connectivity index (χ3n) is 1.70. The van der Waals surface area contributed by atoms with Gasteiger partial charge in [0.25, 0.3) is 0 Å². The average molecular weight is 199 g/mol. The van der Waals surface area contributed by atoms with E-state index < -0.39 is 17.5 Å². The minimum absolute atomic E-state index is 0.000000000000000444. The summed E-state index contributed by atoms with van der Waals surface area (Å²) in [4.78, 5) is 0. The first-order chi connectivity index (χ1) is 6.68. The summed E-state index contributed by atoms with van der Waals surface area (Å²) in [5.41, 5.74) is -0.389. The maximum atomic E-state index is 13.1. The highest BCUT2D eigenvalue weighted by Gasteiger charge is 2.15. The zero-order valence-corrected chi connectivity index (χ0v) is 6.80. The molecular formula is C9H4F3NO. The van der Waals surface area contributed by atoms with Gasteiger partial charge in [0.2, 0.25) is 0 Å². The molecule has 0 spiro atoms. The molecule has 2 rings (SSSR count). The van der Waals surface area contributed by atoms with E-state index in [9.17, 15) is 13.2 Å². The molecule has 1 aromatic heterocycles. The first-order valence-corrected chi connectivity index (χ1v) is 3.74. The number of nitrogens with zero attached hydrogens (tertiary/aromatic N) is 1. The summed E-state index contributed by atoms with van der Waals surface area (Å²) in [5, 5.41) is 3.36. The quantitative estimate of drug-likeness (QED) is 0.705. The summed E-state index contributed by atoms with van der Waals surface area (Å²) in [7, 11) is 0. The molecule has 2 nitrogen and oxygen atoms in total. The highest BCUT2D eigenvalue weighted by Crippen LogP contribution is 2.25. The first-order valence-electron chi connectivity index (χ1n) is 3.74. The largest absolute Gasteiger partial charge is 0.364 e. The van der Waals surface area contributed by atoms with Gasteiger partial charge in [-0.1, -0.05) is 5.16 Å². The summed E-state index contributed by atoms with van der Waals surface area (Å²) >= 11 is 0. The predicted molar refractivity (Wildman–Crippen MR) is 41.8 cm³/mol. The Hall–Kier alpha value is -1.78. The van der Waals surface area contributed by atoms with Gasteiger partial charge < -0.3 is 4.52 Å². The monoisotopic (exact) mass is 199 g/mol. The zero-order chi connectivity index (χ0) is 10.1.